The Kier molecular flexibility index (Phi) is 5.53. The van der Waals surface area contributed by atoms with Gasteiger partial charge in [0.15, 0.2) is 0 Å². The number of carbonyl (C=O) groups is 1. The van der Waals surface area contributed by atoms with E-state index in [9.17, 15) is 9.18 Å². The van der Waals surface area contributed by atoms with Gasteiger partial charge in [0.25, 0.3) is 0 Å². The number of ether oxygens (including phenoxy) is 1. The zero-order valence-electron chi connectivity index (χ0n) is 14.3. The standard InChI is InChI=1S/C20H18FN3O2/c1-26-18-8-2-14(3-9-18)10-20(25)22-12-17-11-19(24-13-23-17)15-4-6-16(21)7-5-15/h2-9,11,13H,10,12H2,1H3,(H,22,25). The molecule has 5 nitrogen and oxygen atoms in total. The van der Waals surface area contributed by atoms with E-state index in [1.807, 2.05) is 24.3 Å². The van der Waals surface area contributed by atoms with Gasteiger partial charge in [-0.2, -0.15) is 0 Å². The van der Waals surface area contributed by atoms with Crippen LogP contribution in [0.15, 0.2) is 60.9 Å². The van der Waals surface area contributed by atoms with Crippen molar-refractivity contribution in [2.45, 2.75) is 13.0 Å². The molecule has 0 saturated heterocycles. The SMILES string of the molecule is COc1ccc(CC(=O)NCc2cc(-c3ccc(F)cc3)ncn2)cc1. The van der Waals surface area contributed by atoms with Gasteiger partial charge < -0.3 is 10.1 Å². The summed E-state index contributed by atoms with van der Waals surface area (Å²) in [5.74, 6) is 0.356. The van der Waals surface area contributed by atoms with Crippen LogP contribution in [0.5, 0.6) is 5.75 Å². The van der Waals surface area contributed by atoms with Crippen molar-refractivity contribution in [3.63, 3.8) is 0 Å². The molecule has 0 unspecified atom stereocenters. The van der Waals surface area contributed by atoms with Gasteiger partial charge in [0.05, 0.1) is 31.5 Å². The summed E-state index contributed by atoms with van der Waals surface area (Å²) in [6.07, 6.45) is 1.71. The number of nitrogens with zero attached hydrogens (tertiary/aromatic N) is 2. The average Bonchev–Trinajstić information content (AvgIpc) is 2.68. The Labute approximate surface area is 150 Å². The maximum atomic E-state index is 13.0. The number of hydrogen-bond acceptors (Lipinski definition) is 4. The van der Waals surface area contributed by atoms with Gasteiger partial charge in [-0.05, 0) is 48.0 Å². The third-order valence-electron chi connectivity index (χ3n) is 3.85. The first-order valence-electron chi connectivity index (χ1n) is 8.10. The molecule has 1 amide bonds. The van der Waals surface area contributed by atoms with Crippen LogP contribution in [0.2, 0.25) is 0 Å². The molecule has 0 bridgehead atoms. The molecule has 0 fully saturated rings. The van der Waals surface area contributed by atoms with Crippen LogP contribution in [-0.2, 0) is 17.8 Å². The molecule has 1 heterocycles. The molecule has 1 N–H and O–H groups in total. The van der Waals surface area contributed by atoms with Gasteiger partial charge in [0, 0.05) is 5.56 Å². The van der Waals surface area contributed by atoms with Crippen molar-refractivity contribution in [3.8, 4) is 17.0 Å². The van der Waals surface area contributed by atoms with E-state index in [-0.39, 0.29) is 18.1 Å². The summed E-state index contributed by atoms with van der Waals surface area (Å²) in [4.78, 5) is 20.5. The predicted molar refractivity (Wildman–Crippen MR) is 96.0 cm³/mol. The Morgan fingerprint density at radius 3 is 2.50 bits per heavy atom. The average molecular weight is 351 g/mol. The highest BCUT2D eigenvalue weighted by molar-refractivity contribution is 5.78. The van der Waals surface area contributed by atoms with Crippen LogP contribution in [0, 0.1) is 5.82 Å². The highest BCUT2D eigenvalue weighted by Gasteiger charge is 2.06. The van der Waals surface area contributed by atoms with Crippen molar-refractivity contribution < 1.29 is 13.9 Å². The summed E-state index contributed by atoms with van der Waals surface area (Å²) >= 11 is 0. The molecule has 0 atom stereocenters. The smallest absolute Gasteiger partial charge is 0.224 e. The van der Waals surface area contributed by atoms with Gasteiger partial charge in [-0.25, -0.2) is 14.4 Å². The van der Waals surface area contributed by atoms with E-state index in [0.717, 1.165) is 16.9 Å². The van der Waals surface area contributed by atoms with E-state index < -0.39 is 0 Å². The van der Waals surface area contributed by atoms with Gasteiger partial charge in [-0.3, -0.25) is 4.79 Å². The van der Waals surface area contributed by atoms with Gasteiger partial charge in [-0.15, -0.1) is 0 Å². The number of rotatable bonds is 6. The van der Waals surface area contributed by atoms with Crippen molar-refractivity contribution in [1.29, 1.82) is 0 Å². The molecule has 2 aromatic carbocycles. The Morgan fingerprint density at radius 2 is 1.81 bits per heavy atom. The summed E-state index contributed by atoms with van der Waals surface area (Å²) in [6, 6.07) is 15.2. The molecule has 132 valence electrons. The van der Waals surface area contributed by atoms with Crippen LogP contribution in [0.1, 0.15) is 11.3 Å². The molecular weight excluding hydrogens is 333 g/mol. The molecule has 3 aromatic rings. The second kappa shape index (κ2) is 8.20. The van der Waals surface area contributed by atoms with Crippen LogP contribution < -0.4 is 10.1 Å². The number of benzene rings is 2. The van der Waals surface area contributed by atoms with Crippen molar-refractivity contribution >= 4 is 5.91 Å². The summed E-state index contributed by atoms with van der Waals surface area (Å²) < 4.78 is 18.1. The van der Waals surface area contributed by atoms with Gasteiger partial charge in [0.2, 0.25) is 5.91 Å². The van der Waals surface area contributed by atoms with Crippen molar-refractivity contribution in [1.82, 2.24) is 15.3 Å². The normalized spacial score (nSPS) is 10.4. The number of halogens is 1. The van der Waals surface area contributed by atoms with Gasteiger partial charge >= 0.3 is 0 Å². The largest absolute Gasteiger partial charge is 0.497 e. The number of methoxy groups -OCH3 is 1. The van der Waals surface area contributed by atoms with Crippen LogP contribution in [0.4, 0.5) is 4.39 Å². The Morgan fingerprint density at radius 1 is 1.08 bits per heavy atom. The first-order chi connectivity index (χ1) is 12.6. The van der Waals surface area contributed by atoms with Gasteiger partial charge in [0.1, 0.15) is 17.9 Å². The number of amides is 1. The molecular formula is C20H18FN3O2. The zero-order chi connectivity index (χ0) is 18.4. The van der Waals surface area contributed by atoms with Crippen molar-refractivity contribution in [2.24, 2.45) is 0 Å². The first-order valence-corrected chi connectivity index (χ1v) is 8.10. The highest BCUT2D eigenvalue weighted by Crippen LogP contribution is 2.17. The fourth-order valence-electron chi connectivity index (χ4n) is 2.45. The van der Waals surface area contributed by atoms with Gasteiger partial charge in [-0.1, -0.05) is 12.1 Å². The van der Waals surface area contributed by atoms with E-state index >= 15 is 0 Å². The molecule has 0 aliphatic rings. The zero-order valence-corrected chi connectivity index (χ0v) is 14.3. The number of carbonyl (C=O) groups excluding carboxylic acids is 1. The van der Waals surface area contributed by atoms with E-state index in [1.165, 1.54) is 18.5 Å². The van der Waals surface area contributed by atoms with E-state index in [1.54, 1.807) is 25.3 Å². The Hall–Kier alpha value is -3.28. The minimum atomic E-state index is -0.297. The fraction of sp³-hybridized carbons (Fsp3) is 0.150. The molecule has 3 rings (SSSR count). The topological polar surface area (TPSA) is 64.1 Å². The summed E-state index contributed by atoms with van der Waals surface area (Å²) in [5, 5.41) is 2.84. The number of aromatic nitrogens is 2. The molecule has 1 aromatic heterocycles. The molecule has 26 heavy (non-hydrogen) atoms. The van der Waals surface area contributed by atoms with Crippen molar-refractivity contribution in [3.05, 3.63) is 78.0 Å². The number of nitrogens with one attached hydrogen (secondary N) is 1. The lowest BCUT2D eigenvalue weighted by Gasteiger charge is -2.07. The van der Waals surface area contributed by atoms with E-state index in [4.69, 9.17) is 4.74 Å². The molecule has 0 aliphatic carbocycles. The molecule has 0 saturated carbocycles. The van der Waals surface area contributed by atoms with Crippen molar-refractivity contribution in [2.75, 3.05) is 7.11 Å². The highest BCUT2D eigenvalue weighted by atomic mass is 19.1. The molecule has 0 spiro atoms. The molecule has 0 aliphatic heterocycles. The molecule has 0 radical (unpaired) electrons. The maximum absolute atomic E-state index is 13.0. The first kappa shape index (κ1) is 17.5. The third-order valence-corrected chi connectivity index (χ3v) is 3.85. The monoisotopic (exact) mass is 351 g/mol. The lowest BCUT2D eigenvalue weighted by atomic mass is 10.1. The van der Waals surface area contributed by atoms with Crippen LogP contribution in [0.25, 0.3) is 11.3 Å². The Bertz CT molecular complexity index is 880. The predicted octanol–water partition coefficient (Wildman–Crippen LogP) is 3.15. The Balaban J connectivity index is 1.59. The maximum Gasteiger partial charge on any atom is 0.224 e. The van der Waals surface area contributed by atoms with E-state index in [0.29, 0.717) is 17.9 Å². The minimum absolute atomic E-state index is 0.0999. The quantitative estimate of drug-likeness (QED) is 0.741. The van der Waals surface area contributed by atoms with Crippen LogP contribution in [0.3, 0.4) is 0 Å². The summed E-state index contributed by atoms with van der Waals surface area (Å²) in [6.45, 7) is 0.297. The second-order valence-corrected chi connectivity index (χ2v) is 5.70. The minimum Gasteiger partial charge on any atom is -0.497 e. The lowest BCUT2D eigenvalue weighted by molar-refractivity contribution is -0.120. The van der Waals surface area contributed by atoms with E-state index in [2.05, 4.69) is 15.3 Å². The second-order valence-electron chi connectivity index (χ2n) is 5.70. The van der Waals surface area contributed by atoms with Crippen LogP contribution in [-0.4, -0.2) is 23.0 Å². The fourth-order valence-corrected chi connectivity index (χ4v) is 2.45. The third kappa shape index (κ3) is 4.63. The number of hydrogen-bond donors (Lipinski definition) is 1. The summed E-state index contributed by atoms with van der Waals surface area (Å²) in [7, 11) is 1.60. The lowest BCUT2D eigenvalue weighted by Crippen LogP contribution is -2.25. The van der Waals surface area contributed by atoms with Crippen LogP contribution >= 0.6 is 0 Å². The summed E-state index contributed by atoms with van der Waals surface area (Å²) in [5.41, 5.74) is 3.06. The molecule has 6 heteroatoms.